The van der Waals surface area contributed by atoms with Gasteiger partial charge in [-0.2, -0.15) is 4.31 Å². The normalized spacial score (nSPS) is 19.0. The van der Waals surface area contributed by atoms with Crippen molar-refractivity contribution in [3.63, 3.8) is 0 Å². The molecule has 0 aliphatic carbocycles. The highest BCUT2D eigenvalue weighted by molar-refractivity contribution is 7.89. The molecule has 0 spiro atoms. The molecular weight excluding hydrogens is 517 g/mol. The van der Waals surface area contributed by atoms with Crippen LogP contribution >= 0.6 is 34.8 Å². The van der Waals surface area contributed by atoms with Crippen molar-refractivity contribution >= 4 is 50.8 Å². The maximum absolute atomic E-state index is 14.1. The number of aryl methyl sites for hydroxylation is 1. The van der Waals surface area contributed by atoms with Crippen molar-refractivity contribution in [2.45, 2.75) is 30.3 Å². The lowest BCUT2D eigenvalue weighted by atomic mass is 9.89. The smallest absolute Gasteiger partial charge is 0.333 e. The molecule has 1 heterocycles. The minimum absolute atomic E-state index is 0.0470. The maximum Gasteiger partial charge on any atom is 0.333 e. The lowest BCUT2D eigenvalue weighted by Crippen LogP contribution is -2.42. The first-order valence-corrected chi connectivity index (χ1v) is 12.9. The van der Waals surface area contributed by atoms with Gasteiger partial charge in [-0.1, -0.05) is 76.8 Å². The summed E-state index contributed by atoms with van der Waals surface area (Å²) in [6, 6.07) is 16.1. The summed E-state index contributed by atoms with van der Waals surface area (Å²) >= 11 is 18.6. The number of carbonyl (C=O) groups is 1. The fourth-order valence-corrected chi connectivity index (χ4v) is 6.40. The van der Waals surface area contributed by atoms with Crippen LogP contribution in [-0.2, 0) is 14.8 Å². The van der Waals surface area contributed by atoms with E-state index >= 15 is 0 Å². The Labute approximate surface area is 213 Å². The van der Waals surface area contributed by atoms with Crippen molar-refractivity contribution in [3.8, 4) is 0 Å². The number of benzene rings is 3. The first-order valence-electron chi connectivity index (χ1n) is 10.3. The van der Waals surface area contributed by atoms with Crippen molar-refractivity contribution in [1.82, 2.24) is 4.31 Å². The van der Waals surface area contributed by atoms with Gasteiger partial charge in [0.2, 0.25) is 10.0 Å². The molecule has 5 nitrogen and oxygen atoms in total. The highest BCUT2D eigenvalue weighted by Gasteiger charge is 2.44. The number of nitrogens with zero attached hydrogens (tertiary/aromatic N) is 1. The Kier molecular flexibility index (Phi) is 7.08. The molecule has 1 aliphatic heterocycles. The number of sulfonamides is 1. The van der Waals surface area contributed by atoms with Gasteiger partial charge in [0, 0.05) is 5.02 Å². The second kappa shape index (κ2) is 9.72. The number of hydrogen-bond donors (Lipinski definition) is 1. The first-order chi connectivity index (χ1) is 16.1. The molecule has 1 N–H and O–H groups in total. The van der Waals surface area contributed by atoms with Crippen molar-refractivity contribution in [2.24, 2.45) is 0 Å². The Morgan fingerprint density at radius 1 is 0.941 bits per heavy atom. The quantitative estimate of drug-likeness (QED) is 0.387. The molecular formula is C25H20Cl3NO4S. The van der Waals surface area contributed by atoms with Gasteiger partial charge in [0.15, 0.2) is 0 Å². The molecule has 0 radical (unpaired) electrons. The van der Waals surface area contributed by atoms with Crippen LogP contribution in [0.2, 0.25) is 15.1 Å². The topological polar surface area (TPSA) is 74.7 Å². The van der Waals surface area contributed by atoms with Crippen LogP contribution in [0.25, 0.3) is 0 Å². The Morgan fingerprint density at radius 3 is 2.26 bits per heavy atom. The third-order valence-corrected chi connectivity index (χ3v) is 8.62. The zero-order valence-electron chi connectivity index (χ0n) is 18.0. The van der Waals surface area contributed by atoms with E-state index in [2.05, 4.69) is 0 Å². The summed E-state index contributed by atoms with van der Waals surface area (Å²) in [4.78, 5) is 12.3. The van der Waals surface area contributed by atoms with Crippen LogP contribution in [0.1, 0.15) is 35.2 Å². The molecule has 9 heteroatoms. The van der Waals surface area contributed by atoms with Gasteiger partial charge in [0.1, 0.15) is 0 Å². The van der Waals surface area contributed by atoms with E-state index in [-0.39, 0.29) is 21.9 Å². The van der Waals surface area contributed by atoms with E-state index in [0.29, 0.717) is 21.2 Å². The molecule has 0 aromatic heterocycles. The molecule has 4 rings (SSSR count). The van der Waals surface area contributed by atoms with Crippen LogP contribution in [0.5, 0.6) is 0 Å². The summed E-state index contributed by atoms with van der Waals surface area (Å²) in [6.07, 6.45) is 1.70. The Hall–Kier alpha value is -2.35. The summed E-state index contributed by atoms with van der Waals surface area (Å²) in [5.41, 5.74) is 1.89. The predicted molar refractivity (Wildman–Crippen MR) is 134 cm³/mol. The maximum atomic E-state index is 14.1. The van der Waals surface area contributed by atoms with E-state index in [9.17, 15) is 18.3 Å². The van der Waals surface area contributed by atoms with Crippen molar-refractivity contribution < 1.29 is 18.3 Å². The zero-order valence-corrected chi connectivity index (χ0v) is 21.0. The first kappa shape index (κ1) is 24.8. The molecule has 0 bridgehead atoms. The second-order valence-electron chi connectivity index (χ2n) is 8.00. The summed E-state index contributed by atoms with van der Waals surface area (Å²) in [5, 5.41) is 11.0. The predicted octanol–water partition coefficient (Wildman–Crippen LogP) is 6.84. The average Bonchev–Trinajstić information content (AvgIpc) is 2.80. The number of aliphatic carboxylic acids is 1. The molecule has 1 aliphatic rings. The Bertz CT molecular complexity index is 1390. The highest BCUT2D eigenvalue weighted by atomic mass is 35.5. The number of carboxylic acid groups (broad SMARTS) is 1. The zero-order chi connectivity index (χ0) is 24.6. The number of halogens is 3. The fraction of sp³-hybridized carbons (Fsp3) is 0.160. The molecule has 0 fully saturated rings. The van der Waals surface area contributed by atoms with Gasteiger partial charge in [-0.3, -0.25) is 0 Å². The Balaban J connectivity index is 1.99. The van der Waals surface area contributed by atoms with Gasteiger partial charge in [-0.15, -0.1) is 0 Å². The van der Waals surface area contributed by atoms with Crippen LogP contribution in [0, 0.1) is 6.92 Å². The summed E-state index contributed by atoms with van der Waals surface area (Å²) in [7, 11) is -4.17. The number of rotatable bonds is 5. The van der Waals surface area contributed by atoms with Gasteiger partial charge < -0.3 is 5.11 Å². The number of carboxylic acids is 1. The van der Waals surface area contributed by atoms with E-state index in [0.717, 1.165) is 5.56 Å². The summed E-state index contributed by atoms with van der Waals surface area (Å²) in [5.74, 6) is -1.21. The second-order valence-corrected chi connectivity index (χ2v) is 11.1. The van der Waals surface area contributed by atoms with Gasteiger partial charge in [-0.25, -0.2) is 13.2 Å². The average molecular weight is 537 g/mol. The van der Waals surface area contributed by atoms with Crippen LogP contribution in [0.3, 0.4) is 0 Å². The largest absolute Gasteiger partial charge is 0.478 e. The molecule has 0 saturated heterocycles. The fourth-order valence-electron chi connectivity index (χ4n) is 4.12. The molecule has 3 aromatic rings. The number of hydrogen-bond acceptors (Lipinski definition) is 3. The van der Waals surface area contributed by atoms with Crippen molar-refractivity contribution in [3.05, 3.63) is 110 Å². The molecule has 1 unspecified atom stereocenters. The molecule has 2 atom stereocenters. The molecule has 176 valence electrons. The van der Waals surface area contributed by atoms with E-state index in [1.165, 1.54) is 16.4 Å². The molecule has 3 aromatic carbocycles. The van der Waals surface area contributed by atoms with Gasteiger partial charge >= 0.3 is 5.97 Å². The van der Waals surface area contributed by atoms with E-state index in [4.69, 9.17) is 34.8 Å². The lowest BCUT2D eigenvalue weighted by molar-refractivity contribution is -0.133. The van der Waals surface area contributed by atoms with E-state index < -0.39 is 28.1 Å². The minimum Gasteiger partial charge on any atom is -0.478 e. The van der Waals surface area contributed by atoms with Crippen LogP contribution < -0.4 is 0 Å². The summed E-state index contributed by atoms with van der Waals surface area (Å²) in [6.45, 7) is 1.86. The van der Waals surface area contributed by atoms with Crippen LogP contribution in [0.15, 0.2) is 83.3 Å². The van der Waals surface area contributed by atoms with E-state index in [1.54, 1.807) is 60.7 Å². The lowest BCUT2D eigenvalue weighted by Gasteiger charge is -2.40. The van der Waals surface area contributed by atoms with Crippen LogP contribution in [-0.4, -0.2) is 23.8 Å². The minimum atomic E-state index is -4.17. The molecule has 34 heavy (non-hydrogen) atoms. The third-order valence-electron chi connectivity index (χ3n) is 5.75. The third kappa shape index (κ3) is 4.74. The molecule has 0 amide bonds. The van der Waals surface area contributed by atoms with E-state index in [1.807, 2.05) is 6.92 Å². The standard InChI is InChI=1S/C25H20Cl3NO4S/c1-15-5-8-19(9-6-15)34(32,33)29-23(16-7-11-21(27)22(28)14-16)12-10-20(25(30)31)24(29)17-3-2-4-18(26)13-17/h2-11,13-14,23-24H,12H2,1H3,(H,30,31)/t23?,24-/m0/s1. The highest BCUT2D eigenvalue weighted by Crippen LogP contribution is 2.46. The van der Waals surface area contributed by atoms with Gasteiger partial charge in [-0.05, 0) is 60.9 Å². The van der Waals surface area contributed by atoms with Gasteiger partial charge in [0.25, 0.3) is 0 Å². The van der Waals surface area contributed by atoms with Gasteiger partial charge in [0.05, 0.1) is 32.6 Å². The SMILES string of the molecule is Cc1ccc(S(=O)(=O)N2C(c3ccc(Cl)c(Cl)c3)CC=C(C(=O)O)[C@@H]2c2cccc(Cl)c2)cc1. The van der Waals surface area contributed by atoms with Crippen molar-refractivity contribution in [1.29, 1.82) is 0 Å². The van der Waals surface area contributed by atoms with Crippen molar-refractivity contribution in [2.75, 3.05) is 0 Å². The molecule has 0 saturated carbocycles. The monoisotopic (exact) mass is 535 g/mol. The Morgan fingerprint density at radius 2 is 1.65 bits per heavy atom. The van der Waals surface area contributed by atoms with Crippen LogP contribution in [0.4, 0.5) is 0 Å². The summed E-state index contributed by atoms with van der Waals surface area (Å²) < 4.78 is 29.4.